The Morgan fingerprint density at radius 3 is 2.32 bits per heavy atom. The Balaban J connectivity index is 2.00. The smallest absolute Gasteiger partial charge is 0.376 e. The molecule has 0 fully saturated rings. The Labute approximate surface area is 142 Å². The van der Waals surface area contributed by atoms with Crippen LogP contribution in [0.3, 0.4) is 0 Å². The average molecular weight is 372 g/mol. The molecule has 0 aliphatic heterocycles. The van der Waals surface area contributed by atoms with Crippen LogP contribution in [0.25, 0.3) is 0 Å². The van der Waals surface area contributed by atoms with Crippen LogP contribution in [0.2, 0.25) is 0 Å². The standard InChI is InChI=1S/C16H15F3N2O3S/c1-25(23,24)14-7-3-6-13(9-14)21-15(22)10-20-12-5-2-4-11(8-12)16(17,18)19/h2-9,20H,10H2,1H3,(H,21,22). The second-order valence-corrected chi connectivity index (χ2v) is 7.30. The molecule has 0 bridgehead atoms. The Morgan fingerprint density at radius 1 is 1.04 bits per heavy atom. The molecule has 2 N–H and O–H groups in total. The van der Waals surface area contributed by atoms with Crippen molar-refractivity contribution in [1.82, 2.24) is 0 Å². The van der Waals surface area contributed by atoms with E-state index < -0.39 is 27.5 Å². The molecule has 2 aromatic rings. The molecule has 2 rings (SSSR count). The minimum Gasteiger partial charge on any atom is -0.376 e. The minimum absolute atomic E-state index is 0.0520. The number of halogens is 3. The summed E-state index contributed by atoms with van der Waals surface area (Å²) in [6.07, 6.45) is -3.42. The average Bonchev–Trinajstić information content (AvgIpc) is 2.52. The van der Waals surface area contributed by atoms with E-state index in [9.17, 15) is 26.4 Å². The van der Waals surface area contributed by atoms with Gasteiger partial charge in [0.25, 0.3) is 0 Å². The van der Waals surface area contributed by atoms with E-state index in [-0.39, 0.29) is 22.8 Å². The molecule has 0 radical (unpaired) electrons. The van der Waals surface area contributed by atoms with E-state index in [4.69, 9.17) is 0 Å². The van der Waals surface area contributed by atoms with Crippen LogP contribution in [0.1, 0.15) is 5.56 Å². The van der Waals surface area contributed by atoms with Crippen LogP contribution in [0.4, 0.5) is 24.5 Å². The summed E-state index contributed by atoms with van der Waals surface area (Å²) >= 11 is 0. The van der Waals surface area contributed by atoms with Crippen LogP contribution in [0.5, 0.6) is 0 Å². The Bertz CT molecular complexity index is 880. The number of alkyl halides is 3. The molecule has 0 spiro atoms. The summed E-state index contributed by atoms with van der Waals surface area (Å²) in [6.45, 7) is -0.273. The van der Waals surface area contributed by atoms with Gasteiger partial charge in [0.15, 0.2) is 9.84 Å². The van der Waals surface area contributed by atoms with Crippen LogP contribution in [0.15, 0.2) is 53.4 Å². The van der Waals surface area contributed by atoms with Crippen LogP contribution in [-0.4, -0.2) is 27.1 Å². The third-order valence-electron chi connectivity index (χ3n) is 3.19. The molecule has 0 atom stereocenters. The van der Waals surface area contributed by atoms with Crippen LogP contribution in [-0.2, 0) is 20.8 Å². The molecular formula is C16H15F3N2O3S. The second-order valence-electron chi connectivity index (χ2n) is 5.28. The number of hydrogen-bond acceptors (Lipinski definition) is 4. The molecule has 0 aliphatic carbocycles. The number of hydrogen-bond donors (Lipinski definition) is 2. The number of carbonyl (C=O) groups is 1. The third-order valence-corrected chi connectivity index (χ3v) is 4.30. The highest BCUT2D eigenvalue weighted by Crippen LogP contribution is 2.30. The van der Waals surface area contributed by atoms with E-state index in [0.29, 0.717) is 0 Å². The van der Waals surface area contributed by atoms with Gasteiger partial charge in [-0.05, 0) is 36.4 Å². The van der Waals surface area contributed by atoms with Gasteiger partial charge in [0.05, 0.1) is 17.0 Å². The van der Waals surface area contributed by atoms with Crippen LogP contribution in [0, 0.1) is 0 Å². The van der Waals surface area contributed by atoms with E-state index in [1.807, 2.05) is 0 Å². The SMILES string of the molecule is CS(=O)(=O)c1cccc(NC(=O)CNc2cccc(C(F)(F)F)c2)c1. The van der Waals surface area contributed by atoms with Crippen molar-refractivity contribution in [3.63, 3.8) is 0 Å². The number of sulfone groups is 1. The summed E-state index contributed by atoms with van der Waals surface area (Å²) in [4.78, 5) is 11.9. The maximum atomic E-state index is 12.6. The predicted molar refractivity (Wildman–Crippen MR) is 88.1 cm³/mol. The lowest BCUT2D eigenvalue weighted by Gasteiger charge is -2.11. The zero-order valence-corrected chi connectivity index (χ0v) is 13.9. The maximum Gasteiger partial charge on any atom is 0.416 e. The molecule has 9 heteroatoms. The molecular weight excluding hydrogens is 357 g/mol. The van der Waals surface area contributed by atoms with E-state index in [1.54, 1.807) is 0 Å². The van der Waals surface area contributed by atoms with Crippen LogP contribution >= 0.6 is 0 Å². The van der Waals surface area contributed by atoms with E-state index >= 15 is 0 Å². The van der Waals surface area contributed by atoms with Gasteiger partial charge >= 0.3 is 6.18 Å². The Kier molecular flexibility index (Phi) is 5.36. The highest BCUT2D eigenvalue weighted by atomic mass is 32.2. The van der Waals surface area contributed by atoms with Gasteiger partial charge in [-0.15, -0.1) is 0 Å². The van der Waals surface area contributed by atoms with E-state index in [2.05, 4.69) is 10.6 Å². The fourth-order valence-electron chi connectivity index (χ4n) is 2.00. The molecule has 5 nitrogen and oxygen atoms in total. The van der Waals surface area contributed by atoms with Crippen molar-refractivity contribution in [3.05, 3.63) is 54.1 Å². The largest absolute Gasteiger partial charge is 0.416 e. The molecule has 0 saturated carbocycles. The molecule has 0 saturated heterocycles. The van der Waals surface area contributed by atoms with Gasteiger partial charge in [-0.1, -0.05) is 12.1 Å². The predicted octanol–water partition coefficient (Wildman–Crippen LogP) is 3.16. The van der Waals surface area contributed by atoms with Gasteiger partial charge in [-0.2, -0.15) is 13.2 Å². The molecule has 0 aliphatic rings. The first-order chi connectivity index (χ1) is 11.6. The number of carbonyl (C=O) groups excluding carboxylic acids is 1. The van der Waals surface area contributed by atoms with Crippen molar-refractivity contribution >= 4 is 27.1 Å². The van der Waals surface area contributed by atoms with Crippen LogP contribution < -0.4 is 10.6 Å². The van der Waals surface area contributed by atoms with Gasteiger partial charge in [0.2, 0.25) is 5.91 Å². The normalized spacial score (nSPS) is 11.8. The first-order valence-electron chi connectivity index (χ1n) is 7.07. The number of benzene rings is 2. The van der Waals surface area contributed by atoms with Gasteiger partial charge in [-0.3, -0.25) is 4.79 Å². The topological polar surface area (TPSA) is 75.3 Å². The zero-order valence-electron chi connectivity index (χ0n) is 13.1. The van der Waals surface area contributed by atoms with E-state index in [0.717, 1.165) is 18.4 Å². The summed E-state index contributed by atoms with van der Waals surface area (Å²) in [6, 6.07) is 10.2. The van der Waals surface area contributed by atoms with Gasteiger partial charge < -0.3 is 10.6 Å². The van der Waals surface area contributed by atoms with Crippen molar-refractivity contribution in [2.45, 2.75) is 11.1 Å². The van der Waals surface area contributed by atoms with Gasteiger partial charge in [0, 0.05) is 17.6 Å². The summed E-state index contributed by atoms with van der Waals surface area (Å²) in [7, 11) is -3.41. The Morgan fingerprint density at radius 2 is 1.68 bits per heavy atom. The summed E-state index contributed by atoms with van der Waals surface area (Å²) in [5.74, 6) is -0.525. The number of amides is 1. The second kappa shape index (κ2) is 7.14. The molecule has 0 aromatic heterocycles. The molecule has 2 aromatic carbocycles. The molecule has 134 valence electrons. The Hall–Kier alpha value is -2.55. The number of rotatable bonds is 5. The summed E-state index contributed by atoms with van der Waals surface area (Å²) in [5.41, 5.74) is -0.396. The van der Waals surface area contributed by atoms with Crippen molar-refractivity contribution in [2.24, 2.45) is 0 Å². The first-order valence-corrected chi connectivity index (χ1v) is 8.96. The summed E-state index contributed by atoms with van der Waals surface area (Å²) < 4.78 is 60.9. The van der Waals surface area contributed by atoms with Gasteiger partial charge in [0.1, 0.15) is 0 Å². The highest BCUT2D eigenvalue weighted by Gasteiger charge is 2.30. The lowest BCUT2D eigenvalue weighted by Crippen LogP contribution is -2.22. The lowest BCUT2D eigenvalue weighted by atomic mass is 10.2. The highest BCUT2D eigenvalue weighted by molar-refractivity contribution is 7.90. The minimum atomic E-state index is -4.47. The number of anilines is 2. The quantitative estimate of drug-likeness (QED) is 0.845. The van der Waals surface area contributed by atoms with E-state index in [1.165, 1.54) is 36.4 Å². The van der Waals surface area contributed by atoms with Crippen molar-refractivity contribution in [3.8, 4) is 0 Å². The monoisotopic (exact) mass is 372 g/mol. The molecule has 0 heterocycles. The molecule has 0 unspecified atom stereocenters. The fourth-order valence-corrected chi connectivity index (χ4v) is 2.66. The van der Waals surface area contributed by atoms with Gasteiger partial charge in [-0.25, -0.2) is 8.42 Å². The molecule has 25 heavy (non-hydrogen) atoms. The fraction of sp³-hybridized carbons (Fsp3) is 0.188. The number of nitrogens with one attached hydrogen (secondary N) is 2. The lowest BCUT2D eigenvalue weighted by molar-refractivity contribution is -0.137. The first kappa shape index (κ1) is 18.8. The molecule has 1 amide bonds. The maximum absolute atomic E-state index is 12.6. The van der Waals surface area contributed by atoms with Crippen molar-refractivity contribution in [1.29, 1.82) is 0 Å². The zero-order chi connectivity index (χ0) is 18.7. The third kappa shape index (κ3) is 5.49. The van der Waals surface area contributed by atoms with Crippen molar-refractivity contribution < 1.29 is 26.4 Å². The summed E-state index contributed by atoms with van der Waals surface area (Å²) in [5, 5.41) is 5.07. The van der Waals surface area contributed by atoms with Crippen molar-refractivity contribution in [2.75, 3.05) is 23.4 Å².